The summed E-state index contributed by atoms with van der Waals surface area (Å²) in [6, 6.07) is 10.0. The van der Waals surface area contributed by atoms with E-state index in [0.717, 1.165) is 0 Å². The number of benzene rings is 1. The maximum Gasteiger partial charge on any atom is 2.00 e. The number of rotatable bonds is 2. The van der Waals surface area contributed by atoms with Crippen molar-refractivity contribution in [2.75, 3.05) is 0 Å². The third kappa shape index (κ3) is 11.0. The van der Waals surface area contributed by atoms with Crippen LogP contribution in [0, 0.1) is 0 Å². The minimum atomic E-state index is 0. The minimum absolute atomic E-state index is 0. The van der Waals surface area contributed by atoms with Gasteiger partial charge in [-0.1, -0.05) is 68.3 Å². The fraction of sp³-hybridized carbons (Fsp3) is 0. The molecule has 0 spiro atoms. The second kappa shape index (κ2) is 14.5. The van der Waals surface area contributed by atoms with E-state index >= 15 is 0 Å². The van der Waals surface area contributed by atoms with E-state index in [2.05, 4.69) is 19.7 Å². The van der Waals surface area contributed by atoms with Gasteiger partial charge in [-0.15, -0.1) is 0 Å². The molecule has 0 aromatic heterocycles. The third-order valence-electron chi connectivity index (χ3n) is 1.20. The molecule has 1 nitrogen and oxygen atoms in total. The predicted octanol–water partition coefficient (Wildman–Crippen LogP) is 3.57. The fourth-order valence-corrected chi connectivity index (χ4v) is 0.589. The van der Waals surface area contributed by atoms with Crippen molar-refractivity contribution in [3.8, 4) is 0 Å². The molecule has 1 rings (SSSR count). The average molecular weight is 240 g/mol. The fourth-order valence-electron chi connectivity index (χ4n) is 0.589. The Bertz CT molecular complexity index is 236. The summed E-state index contributed by atoms with van der Waals surface area (Å²) in [4.78, 5) is 0. The largest absolute Gasteiger partial charge is 2.00 e. The molecule has 0 radical (unpaired) electrons. The van der Waals surface area contributed by atoms with Crippen molar-refractivity contribution in [1.82, 2.24) is 0 Å². The van der Waals surface area contributed by atoms with Crippen LogP contribution >= 0.6 is 0 Å². The first-order chi connectivity index (χ1) is 5.85. The molecule has 0 bridgehead atoms. The molecule has 0 saturated heterocycles. The van der Waals surface area contributed by atoms with Crippen LogP contribution in [0.4, 0.5) is 0 Å². The zero-order chi connectivity index (χ0) is 9.23. The van der Waals surface area contributed by atoms with Crippen molar-refractivity contribution < 1.29 is 25.0 Å². The summed E-state index contributed by atoms with van der Waals surface area (Å²) in [7, 11) is 0. The second-order valence-electron chi connectivity index (χ2n) is 2.09. The monoisotopic (exact) mass is 238 g/mol. The Morgan fingerprint density at radius 1 is 0.857 bits per heavy atom. The molecule has 0 aliphatic heterocycles. The Balaban J connectivity index is -0.000000180. The topological polar surface area (TPSA) is 28.5 Å². The zero-order valence-corrected chi connectivity index (χ0v) is 11.3. The van der Waals surface area contributed by atoms with Gasteiger partial charge in [0.2, 0.25) is 0 Å². The number of hydrogen-bond acceptors (Lipinski definition) is 0. The maximum atomic E-state index is 3.63. The minimum Gasteiger partial charge on any atom is -2.00 e. The van der Waals surface area contributed by atoms with Crippen LogP contribution in [0.3, 0.4) is 0 Å². The molecule has 0 unspecified atom stereocenters. The van der Waals surface area contributed by atoms with E-state index in [1.54, 1.807) is 12.2 Å². The van der Waals surface area contributed by atoms with Gasteiger partial charge in [0.05, 0.1) is 0 Å². The van der Waals surface area contributed by atoms with E-state index in [0.29, 0.717) is 0 Å². The first-order valence-electron chi connectivity index (χ1n) is 3.76. The summed E-state index contributed by atoms with van der Waals surface area (Å²) in [6.45, 7) is 10.4. The van der Waals surface area contributed by atoms with Crippen LogP contribution < -0.4 is 0 Å². The molecular weight excluding hydrogens is 226 g/mol. The van der Waals surface area contributed by atoms with Crippen LogP contribution in [0.2, 0.25) is 0 Å². The summed E-state index contributed by atoms with van der Waals surface area (Å²) >= 11 is 0. The molecule has 70 valence electrons. The van der Waals surface area contributed by atoms with Crippen LogP contribution in [0.5, 0.6) is 0 Å². The normalized spacial score (nSPS) is 6.29. The molecule has 1 aromatic rings. The van der Waals surface area contributed by atoms with Crippen LogP contribution in [0.15, 0.2) is 62.2 Å². The van der Waals surface area contributed by atoms with Gasteiger partial charge in [-0.3, -0.25) is 0 Å². The van der Waals surface area contributed by atoms with Crippen molar-refractivity contribution >= 4 is 6.08 Å². The molecule has 0 N–H and O–H groups in total. The molecular formula is C12H14OZn. The molecule has 2 heteroatoms. The summed E-state index contributed by atoms with van der Waals surface area (Å²) in [5.41, 5.74) is 1.17. The Kier molecular flexibility index (Phi) is 19.5. The summed E-state index contributed by atoms with van der Waals surface area (Å²) in [5.74, 6) is 0. The predicted molar refractivity (Wildman–Crippen MR) is 57.6 cm³/mol. The molecule has 0 heterocycles. The molecule has 0 saturated carbocycles. The van der Waals surface area contributed by atoms with Gasteiger partial charge in [-0.25, -0.2) is 0 Å². The van der Waals surface area contributed by atoms with E-state index in [1.165, 1.54) is 5.56 Å². The third-order valence-corrected chi connectivity index (χ3v) is 1.20. The SMILES string of the molecule is C=CC=C.C=Cc1ccccc1.[O-2].[Zn+2]. The van der Waals surface area contributed by atoms with E-state index in [4.69, 9.17) is 0 Å². The molecule has 14 heavy (non-hydrogen) atoms. The van der Waals surface area contributed by atoms with E-state index in [9.17, 15) is 0 Å². The smallest absolute Gasteiger partial charge is 2.00 e. The number of allylic oxidation sites excluding steroid dienone is 2. The number of hydrogen-bond donors (Lipinski definition) is 0. The van der Waals surface area contributed by atoms with Crippen LogP contribution in [0.1, 0.15) is 5.56 Å². The quantitative estimate of drug-likeness (QED) is 0.558. The molecule has 0 fully saturated rings. The summed E-state index contributed by atoms with van der Waals surface area (Å²) in [5, 5.41) is 0. The van der Waals surface area contributed by atoms with Crippen LogP contribution in [-0.2, 0) is 25.0 Å². The van der Waals surface area contributed by atoms with Gasteiger partial charge in [-0.2, -0.15) is 0 Å². The standard InChI is InChI=1S/C8H8.C4H6.O.Zn/c1-2-8-6-4-3-5-7-8;1-3-4-2;;/h2-7H,1H2;3-4H,1-2H2;;/q;;-2;+2. The van der Waals surface area contributed by atoms with Gasteiger partial charge in [0, 0.05) is 0 Å². The van der Waals surface area contributed by atoms with Crippen molar-refractivity contribution in [2.45, 2.75) is 0 Å². The second-order valence-corrected chi connectivity index (χ2v) is 2.09. The first kappa shape index (κ1) is 18.7. The van der Waals surface area contributed by atoms with E-state index in [1.807, 2.05) is 36.4 Å². The van der Waals surface area contributed by atoms with Gasteiger partial charge < -0.3 is 5.48 Å². The molecule has 0 aliphatic carbocycles. The van der Waals surface area contributed by atoms with Gasteiger partial charge >= 0.3 is 19.5 Å². The van der Waals surface area contributed by atoms with Gasteiger partial charge in [0.25, 0.3) is 0 Å². The van der Waals surface area contributed by atoms with Crippen LogP contribution in [-0.4, -0.2) is 0 Å². The molecule has 0 atom stereocenters. The first-order valence-corrected chi connectivity index (χ1v) is 3.76. The van der Waals surface area contributed by atoms with Gasteiger partial charge in [0.15, 0.2) is 0 Å². The van der Waals surface area contributed by atoms with Gasteiger partial charge in [-0.05, 0) is 5.56 Å². The van der Waals surface area contributed by atoms with E-state index < -0.39 is 0 Å². The molecule has 0 aliphatic rings. The summed E-state index contributed by atoms with van der Waals surface area (Å²) < 4.78 is 0. The summed E-state index contributed by atoms with van der Waals surface area (Å²) in [6.07, 6.45) is 5.11. The van der Waals surface area contributed by atoms with Gasteiger partial charge in [0.1, 0.15) is 0 Å². The van der Waals surface area contributed by atoms with Crippen LogP contribution in [0.25, 0.3) is 6.08 Å². The molecule has 0 amide bonds. The Labute approximate surface area is 98.9 Å². The van der Waals surface area contributed by atoms with Crippen molar-refractivity contribution in [3.63, 3.8) is 0 Å². The Hall–Kier alpha value is -0.977. The average Bonchev–Trinajstić information content (AvgIpc) is 2.19. The Morgan fingerprint density at radius 2 is 1.29 bits per heavy atom. The zero-order valence-electron chi connectivity index (χ0n) is 8.36. The Morgan fingerprint density at radius 3 is 1.50 bits per heavy atom. The van der Waals surface area contributed by atoms with Crippen molar-refractivity contribution in [1.29, 1.82) is 0 Å². The molecule has 1 aromatic carbocycles. The van der Waals surface area contributed by atoms with Crippen molar-refractivity contribution in [2.24, 2.45) is 0 Å². The van der Waals surface area contributed by atoms with Crippen molar-refractivity contribution in [3.05, 3.63) is 67.8 Å². The van der Waals surface area contributed by atoms with E-state index in [-0.39, 0.29) is 25.0 Å². The maximum absolute atomic E-state index is 3.63.